The first-order valence-corrected chi connectivity index (χ1v) is 18.4. The topological polar surface area (TPSA) is 120 Å². The minimum absolute atomic E-state index is 0.0649. The number of amides is 1. The van der Waals surface area contributed by atoms with Crippen molar-refractivity contribution in [2.24, 2.45) is 5.92 Å². The van der Waals surface area contributed by atoms with E-state index in [0.717, 1.165) is 27.9 Å². The normalized spacial score (nSPS) is 12.6. The summed E-state index contributed by atoms with van der Waals surface area (Å²) in [5.74, 6) is -0.0940. The molecule has 49 heavy (non-hydrogen) atoms. The maximum atomic E-state index is 15.3. The summed E-state index contributed by atoms with van der Waals surface area (Å²) in [5, 5.41) is 33.1. The molecular formula is C40H41N4O4P. The van der Waals surface area contributed by atoms with Gasteiger partial charge in [0, 0.05) is 18.0 Å². The fourth-order valence-electron chi connectivity index (χ4n) is 6.41. The Morgan fingerprint density at radius 2 is 1.31 bits per heavy atom. The van der Waals surface area contributed by atoms with Crippen molar-refractivity contribution >= 4 is 40.0 Å². The molecule has 1 aromatic heterocycles. The van der Waals surface area contributed by atoms with Gasteiger partial charge in [0.2, 0.25) is 11.8 Å². The Morgan fingerprint density at radius 1 is 0.816 bits per heavy atom. The van der Waals surface area contributed by atoms with E-state index in [-0.39, 0.29) is 29.9 Å². The number of ketones is 1. The van der Waals surface area contributed by atoms with Gasteiger partial charge in [0.1, 0.15) is 11.4 Å². The highest BCUT2D eigenvalue weighted by atomic mass is 31.2. The third-order valence-electron chi connectivity index (χ3n) is 8.79. The van der Waals surface area contributed by atoms with Gasteiger partial charge in [0.25, 0.3) is 0 Å². The number of carboxylic acid groups (broad SMARTS) is 1. The van der Waals surface area contributed by atoms with Crippen molar-refractivity contribution in [2.75, 3.05) is 0 Å². The van der Waals surface area contributed by atoms with Crippen molar-refractivity contribution in [2.45, 2.75) is 58.5 Å². The number of rotatable bonds is 14. The fraction of sp³-hybridized carbons (Fsp3) is 0.250. The number of benzene rings is 4. The van der Waals surface area contributed by atoms with Crippen molar-refractivity contribution in [1.82, 2.24) is 15.1 Å². The van der Waals surface area contributed by atoms with Crippen LogP contribution in [0.2, 0.25) is 0 Å². The number of unbranched alkanes of at least 4 members (excludes halogenated alkanes) is 1. The average Bonchev–Trinajstić information content (AvgIpc) is 3.61. The van der Waals surface area contributed by atoms with Crippen LogP contribution in [0.15, 0.2) is 126 Å². The van der Waals surface area contributed by atoms with Gasteiger partial charge in [-0.05, 0) is 47.3 Å². The van der Waals surface area contributed by atoms with Crippen LogP contribution in [0.25, 0.3) is 11.5 Å². The summed E-state index contributed by atoms with van der Waals surface area (Å²) in [7, 11) is 0. The predicted octanol–water partition coefficient (Wildman–Crippen LogP) is 7.10. The molecule has 0 bridgehead atoms. The van der Waals surface area contributed by atoms with E-state index >= 15 is 4.79 Å². The van der Waals surface area contributed by atoms with Gasteiger partial charge in [0.15, 0.2) is 5.78 Å². The number of hydrogen-bond donors (Lipinski definition) is 1. The Bertz CT molecular complexity index is 1830. The van der Waals surface area contributed by atoms with Crippen molar-refractivity contribution in [1.29, 1.82) is 5.26 Å². The van der Waals surface area contributed by atoms with Crippen LogP contribution in [0.5, 0.6) is 0 Å². The molecule has 0 aliphatic rings. The molecule has 0 unspecified atom stereocenters. The largest absolute Gasteiger partial charge is 0.465 e. The summed E-state index contributed by atoms with van der Waals surface area (Å²) in [6, 6.07) is 38.9. The van der Waals surface area contributed by atoms with Crippen LogP contribution in [-0.4, -0.2) is 49.5 Å². The molecule has 1 N–H and O–H groups in total. The summed E-state index contributed by atoms with van der Waals surface area (Å²) < 4.78 is 6.02. The van der Waals surface area contributed by atoms with Gasteiger partial charge >= 0.3 is 6.09 Å². The van der Waals surface area contributed by atoms with Gasteiger partial charge in [-0.15, -0.1) is 10.2 Å². The van der Waals surface area contributed by atoms with Crippen LogP contribution >= 0.6 is 6.89 Å². The molecule has 0 aliphatic heterocycles. The smallest absolute Gasteiger partial charge is 0.408 e. The number of nitrogens with zero attached hydrogens (tertiary/aromatic N) is 4. The van der Waals surface area contributed by atoms with E-state index in [4.69, 9.17) is 4.42 Å². The highest BCUT2D eigenvalue weighted by Crippen LogP contribution is 2.47. The second kappa shape index (κ2) is 16.2. The lowest BCUT2D eigenvalue weighted by Gasteiger charge is -2.38. The van der Waals surface area contributed by atoms with Crippen molar-refractivity contribution in [3.63, 3.8) is 0 Å². The van der Waals surface area contributed by atoms with E-state index in [1.165, 1.54) is 4.90 Å². The van der Waals surface area contributed by atoms with Crippen LogP contribution < -0.4 is 15.9 Å². The monoisotopic (exact) mass is 672 g/mol. The zero-order chi connectivity index (χ0) is 34.8. The molecule has 0 aliphatic carbocycles. The summed E-state index contributed by atoms with van der Waals surface area (Å²) in [4.78, 5) is 29.9. The van der Waals surface area contributed by atoms with Crippen molar-refractivity contribution in [3.8, 4) is 17.5 Å². The van der Waals surface area contributed by atoms with Crippen LogP contribution in [0.1, 0.15) is 45.9 Å². The van der Waals surface area contributed by atoms with E-state index < -0.39 is 30.8 Å². The molecule has 4 aromatic carbocycles. The molecule has 9 heteroatoms. The second-order valence-electron chi connectivity index (χ2n) is 12.2. The first kappa shape index (κ1) is 35.1. The number of carbonyl (C=O) groups is 2. The summed E-state index contributed by atoms with van der Waals surface area (Å²) in [6.07, 6.45) is 0.462. The van der Waals surface area contributed by atoms with Gasteiger partial charge in [-0.25, -0.2) is 4.79 Å². The molecular weight excluding hydrogens is 631 g/mol. The number of nitriles is 1. The zero-order valence-electron chi connectivity index (χ0n) is 28.0. The maximum Gasteiger partial charge on any atom is 0.408 e. The lowest BCUT2D eigenvalue weighted by atomic mass is 9.93. The van der Waals surface area contributed by atoms with Gasteiger partial charge in [0.05, 0.1) is 6.04 Å². The number of Topliss-reactive ketones (excluding diaryl/α,β-unsaturated/α-hetero) is 1. The molecule has 1 heterocycles. The van der Waals surface area contributed by atoms with E-state index in [1.807, 2.05) is 142 Å². The van der Waals surface area contributed by atoms with E-state index in [9.17, 15) is 15.2 Å². The first-order valence-electron chi connectivity index (χ1n) is 16.6. The molecule has 1 amide bonds. The van der Waals surface area contributed by atoms with Gasteiger partial charge < -0.3 is 9.52 Å². The van der Waals surface area contributed by atoms with Gasteiger partial charge in [-0.3, -0.25) is 9.69 Å². The van der Waals surface area contributed by atoms with Gasteiger partial charge in [-0.1, -0.05) is 143 Å². The minimum atomic E-state index is -3.08. The van der Waals surface area contributed by atoms with E-state index in [2.05, 4.69) is 16.3 Å². The van der Waals surface area contributed by atoms with Crippen molar-refractivity contribution < 1.29 is 19.1 Å². The Labute approximate surface area is 288 Å². The molecule has 8 nitrogen and oxygen atoms in total. The molecule has 0 fully saturated rings. The molecule has 2 atom stereocenters. The molecule has 0 saturated heterocycles. The maximum absolute atomic E-state index is 15.3. The molecule has 250 valence electrons. The third-order valence-corrected chi connectivity index (χ3v) is 13.0. The highest BCUT2D eigenvalue weighted by Gasteiger charge is 2.42. The fourth-order valence-corrected chi connectivity index (χ4v) is 10.6. The van der Waals surface area contributed by atoms with E-state index in [1.54, 1.807) is 0 Å². The predicted molar refractivity (Wildman–Crippen MR) is 196 cm³/mol. The summed E-state index contributed by atoms with van der Waals surface area (Å²) in [6.45, 7) is 2.75. The molecule has 0 radical (unpaired) electrons. The van der Waals surface area contributed by atoms with Crippen LogP contribution in [0.4, 0.5) is 4.79 Å². The Kier molecular flexibility index (Phi) is 11.6. The molecule has 0 spiro atoms. The first-order chi connectivity index (χ1) is 23.8. The SMILES string of the molecule is CCCC[C@@H](C(=O)C(C#N)=P(c1ccccc1)(c1ccccc1)c1ccccc1)N(C(=O)O)[C@@H](Cc1nnc(-c2ccccc2)o1)C(C)C. The third kappa shape index (κ3) is 7.43. The quantitative estimate of drug-likeness (QED) is 0.125. The Hall–Kier alpha value is -5.25. The summed E-state index contributed by atoms with van der Waals surface area (Å²) >= 11 is 0. The van der Waals surface area contributed by atoms with Crippen molar-refractivity contribution in [3.05, 3.63) is 127 Å². The Morgan fingerprint density at radius 3 is 1.73 bits per heavy atom. The average molecular weight is 673 g/mol. The number of hydrogen-bond acceptors (Lipinski definition) is 6. The van der Waals surface area contributed by atoms with E-state index in [0.29, 0.717) is 12.3 Å². The summed E-state index contributed by atoms with van der Waals surface area (Å²) in [5.41, 5.74) is 0.754. The van der Waals surface area contributed by atoms with Crippen LogP contribution in [0, 0.1) is 17.2 Å². The van der Waals surface area contributed by atoms with Crippen LogP contribution in [-0.2, 0) is 11.2 Å². The standard InChI is InChI=1S/C40H41N4O4P/c1-4-5-26-34(44(40(46)47)35(29(2)3)27-37-42-43-39(48-37)30-18-10-6-11-19-30)38(45)36(28-41)49(31-20-12-7-13-21-31,32-22-14-8-15-23-32)33-24-16-9-17-25-33/h6-25,29,34-35H,4-5,26-27H2,1-3H3,(H,46,47)/t34-,35-/m0/s1. The van der Waals surface area contributed by atoms with Crippen LogP contribution in [0.3, 0.4) is 0 Å². The van der Waals surface area contributed by atoms with Gasteiger partial charge in [-0.2, -0.15) is 5.26 Å². The highest BCUT2D eigenvalue weighted by molar-refractivity contribution is 7.97. The number of carbonyl (C=O) groups excluding carboxylic acids is 1. The zero-order valence-corrected chi connectivity index (χ0v) is 28.9. The molecule has 5 aromatic rings. The molecule has 5 rings (SSSR count). The lowest BCUT2D eigenvalue weighted by Crippen LogP contribution is -2.55. The molecule has 0 saturated carbocycles. The minimum Gasteiger partial charge on any atom is -0.465 e. The number of aromatic nitrogens is 2. The Balaban J connectivity index is 1.72. The second-order valence-corrected chi connectivity index (χ2v) is 15.6. The lowest BCUT2D eigenvalue weighted by molar-refractivity contribution is -0.118.